The summed E-state index contributed by atoms with van der Waals surface area (Å²) in [5.74, 6) is 1.15. The lowest BCUT2D eigenvalue weighted by Gasteiger charge is -2.13. The molecular formula is C14H21N5. The first-order valence-corrected chi connectivity index (χ1v) is 6.88. The fraction of sp³-hybridized carbons (Fsp3) is 0.500. The number of hydrogen-bond donors (Lipinski definition) is 2. The fourth-order valence-corrected chi connectivity index (χ4v) is 2.18. The SMILES string of the molecule is CCNCC(CCCc1ccccc1)c1nn[nH]n1. The van der Waals surface area contributed by atoms with Crippen LogP contribution < -0.4 is 5.32 Å². The van der Waals surface area contributed by atoms with Crippen molar-refractivity contribution in [2.45, 2.75) is 32.1 Å². The monoisotopic (exact) mass is 259 g/mol. The summed E-state index contributed by atoms with van der Waals surface area (Å²) in [5, 5.41) is 17.8. The number of H-pyrrole nitrogens is 1. The van der Waals surface area contributed by atoms with Gasteiger partial charge in [0.1, 0.15) is 0 Å². The molecule has 0 radical (unpaired) electrons. The molecule has 1 aromatic heterocycles. The number of rotatable bonds is 8. The summed E-state index contributed by atoms with van der Waals surface area (Å²) in [4.78, 5) is 0. The largest absolute Gasteiger partial charge is 0.316 e. The highest BCUT2D eigenvalue weighted by atomic mass is 15.5. The van der Waals surface area contributed by atoms with E-state index in [0.29, 0.717) is 5.92 Å². The normalized spacial score (nSPS) is 12.5. The van der Waals surface area contributed by atoms with E-state index in [1.54, 1.807) is 0 Å². The minimum Gasteiger partial charge on any atom is -0.316 e. The molecule has 0 aliphatic rings. The smallest absolute Gasteiger partial charge is 0.178 e. The van der Waals surface area contributed by atoms with Crippen LogP contribution in [0.4, 0.5) is 0 Å². The highest BCUT2D eigenvalue weighted by Crippen LogP contribution is 2.17. The molecule has 2 rings (SSSR count). The number of likely N-dealkylation sites (N-methyl/N-ethyl adjacent to an activating group) is 1. The molecule has 0 bridgehead atoms. The summed E-state index contributed by atoms with van der Waals surface area (Å²) in [6.45, 7) is 3.98. The predicted molar refractivity (Wildman–Crippen MR) is 74.8 cm³/mol. The fourth-order valence-electron chi connectivity index (χ4n) is 2.18. The summed E-state index contributed by atoms with van der Waals surface area (Å²) < 4.78 is 0. The quantitative estimate of drug-likeness (QED) is 0.760. The van der Waals surface area contributed by atoms with Gasteiger partial charge in [0.15, 0.2) is 5.82 Å². The summed E-state index contributed by atoms with van der Waals surface area (Å²) in [7, 11) is 0. The van der Waals surface area contributed by atoms with Crippen molar-refractivity contribution in [3.05, 3.63) is 41.7 Å². The van der Waals surface area contributed by atoms with Crippen molar-refractivity contribution in [1.82, 2.24) is 25.9 Å². The molecule has 102 valence electrons. The van der Waals surface area contributed by atoms with Crippen LogP contribution >= 0.6 is 0 Å². The lowest BCUT2D eigenvalue weighted by molar-refractivity contribution is 0.521. The molecule has 5 heteroatoms. The number of nitrogens with one attached hydrogen (secondary N) is 2. The molecule has 1 aromatic carbocycles. The van der Waals surface area contributed by atoms with Gasteiger partial charge in [-0.25, -0.2) is 0 Å². The number of hydrogen-bond acceptors (Lipinski definition) is 4. The zero-order valence-corrected chi connectivity index (χ0v) is 11.3. The number of aromatic nitrogens is 4. The number of tetrazole rings is 1. The van der Waals surface area contributed by atoms with Crippen molar-refractivity contribution in [3.63, 3.8) is 0 Å². The molecule has 2 N–H and O–H groups in total. The highest BCUT2D eigenvalue weighted by molar-refractivity contribution is 5.14. The van der Waals surface area contributed by atoms with Gasteiger partial charge in [-0.2, -0.15) is 5.21 Å². The molecule has 5 nitrogen and oxygen atoms in total. The third kappa shape index (κ3) is 4.44. The Balaban J connectivity index is 1.83. The van der Waals surface area contributed by atoms with E-state index in [4.69, 9.17) is 0 Å². The van der Waals surface area contributed by atoms with Gasteiger partial charge in [0.05, 0.1) is 0 Å². The van der Waals surface area contributed by atoms with E-state index in [9.17, 15) is 0 Å². The van der Waals surface area contributed by atoms with E-state index in [0.717, 1.165) is 38.2 Å². The average molecular weight is 259 g/mol. The number of aromatic amines is 1. The van der Waals surface area contributed by atoms with Gasteiger partial charge >= 0.3 is 0 Å². The predicted octanol–water partition coefficient (Wildman–Crippen LogP) is 1.92. The minimum atomic E-state index is 0.336. The van der Waals surface area contributed by atoms with Crippen LogP contribution in [0, 0.1) is 0 Å². The van der Waals surface area contributed by atoms with Crippen molar-refractivity contribution in [2.24, 2.45) is 0 Å². The molecular weight excluding hydrogens is 238 g/mol. The molecule has 1 unspecified atom stereocenters. The van der Waals surface area contributed by atoms with Crippen LogP contribution in [-0.4, -0.2) is 33.7 Å². The topological polar surface area (TPSA) is 66.5 Å². The van der Waals surface area contributed by atoms with Crippen LogP contribution in [0.25, 0.3) is 0 Å². The molecule has 1 heterocycles. The molecule has 0 fully saturated rings. The maximum absolute atomic E-state index is 4.11. The Morgan fingerprint density at radius 1 is 1.26 bits per heavy atom. The highest BCUT2D eigenvalue weighted by Gasteiger charge is 2.15. The van der Waals surface area contributed by atoms with Gasteiger partial charge in [0.2, 0.25) is 0 Å². The zero-order valence-electron chi connectivity index (χ0n) is 11.3. The maximum Gasteiger partial charge on any atom is 0.178 e. The van der Waals surface area contributed by atoms with Gasteiger partial charge in [-0.1, -0.05) is 42.5 Å². The van der Waals surface area contributed by atoms with Gasteiger partial charge in [0, 0.05) is 12.5 Å². The Morgan fingerprint density at radius 2 is 2.11 bits per heavy atom. The van der Waals surface area contributed by atoms with Crippen LogP contribution in [0.1, 0.15) is 37.1 Å². The van der Waals surface area contributed by atoms with E-state index in [2.05, 4.69) is 63.2 Å². The Labute approximate surface area is 113 Å². The first-order valence-electron chi connectivity index (χ1n) is 6.88. The van der Waals surface area contributed by atoms with Crippen molar-refractivity contribution in [3.8, 4) is 0 Å². The molecule has 0 aliphatic carbocycles. The molecule has 0 spiro atoms. The lowest BCUT2D eigenvalue weighted by atomic mass is 9.99. The molecule has 1 atom stereocenters. The van der Waals surface area contributed by atoms with Crippen LogP contribution in [0.5, 0.6) is 0 Å². The Bertz CT molecular complexity index is 440. The maximum atomic E-state index is 4.11. The molecule has 0 amide bonds. The number of benzene rings is 1. The zero-order chi connectivity index (χ0) is 13.3. The summed E-state index contributed by atoms with van der Waals surface area (Å²) in [6, 6.07) is 10.6. The Kier molecular flexibility index (Phi) is 5.49. The van der Waals surface area contributed by atoms with Gasteiger partial charge in [0.25, 0.3) is 0 Å². The van der Waals surface area contributed by atoms with Crippen molar-refractivity contribution >= 4 is 0 Å². The van der Waals surface area contributed by atoms with Crippen molar-refractivity contribution in [2.75, 3.05) is 13.1 Å². The molecule has 19 heavy (non-hydrogen) atoms. The van der Waals surface area contributed by atoms with Gasteiger partial charge in [-0.05, 0) is 31.4 Å². The van der Waals surface area contributed by atoms with Gasteiger partial charge in [-0.15, -0.1) is 10.2 Å². The summed E-state index contributed by atoms with van der Waals surface area (Å²) in [6.07, 6.45) is 3.30. The van der Waals surface area contributed by atoms with Crippen LogP contribution in [0.3, 0.4) is 0 Å². The Hall–Kier alpha value is -1.75. The lowest BCUT2D eigenvalue weighted by Crippen LogP contribution is -2.22. The van der Waals surface area contributed by atoms with Crippen molar-refractivity contribution in [1.29, 1.82) is 0 Å². The average Bonchev–Trinajstić information content (AvgIpc) is 2.98. The summed E-state index contributed by atoms with van der Waals surface area (Å²) in [5.41, 5.74) is 1.39. The van der Waals surface area contributed by atoms with E-state index in [-0.39, 0.29) is 0 Å². The number of aryl methyl sites for hydroxylation is 1. The molecule has 0 aliphatic heterocycles. The van der Waals surface area contributed by atoms with Crippen LogP contribution in [-0.2, 0) is 6.42 Å². The summed E-state index contributed by atoms with van der Waals surface area (Å²) >= 11 is 0. The van der Waals surface area contributed by atoms with Gasteiger partial charge in [-0.3, -0.25) is 0 Å². The van der Waals surface area contributed by atoms with E-state index >= 15 is 0 Å². The van der Waals surface area contributed by atoms with E-state index in [1.165, 1.54) is 5.56 Å². The molecule has 2 aromatic rings. The third-order valence-electron chi connectivity index (χ3n) is 3.23. The minimum absolute atomic E-state index is 0.336. The van der Waals surface area contributed by atoms with E-state index < -0.39 is 0 Å². The van der Waals surface area contributed by atoms with Crippen LogP contribution in [0.15, 0.2) is 30.3 Å². The number of nitrogens with zero attached hydrogens (tertiary/aromatic N) is 3. The first-order chi connectivity index (χ1) is 9.40. The molecule has 0 saturated heterocycles. The first kappa shape index (κ1) is 13.7. The van der Waals surface area contributed by atoms with Crippen molar-refractivity contribution < 1.29 is 0 Å². The second kappa shape index (κ2) is 7.63. The van der Waals surface area contributed by atoms with Crippen LogP contribution in [0.2, 0.25) is 0 Å². The Morgan fingerprint density at radius 3 is 2.79 bits per heavy atom. The van der Waals surface area contributed by atoms with Gasteiger partial charge < -0.3 is 5.32 Å². The second-order valence-corrected chi connectivity index (χ2v) is 4.65. The molecule has 0 saturated carbocycles. The third-order valence-corrected chi connectivity index (χ3v) is 3.23. The standard InChI is InChI=1S/C14H21N5/c1-2-15-11-13(14-16-18-19-17-14)10-6-9-12-7-4-3-5-8-12/h3-5,7-8,13,15H,2,6,9-11H2,1H3,(H,16,17,18,19). The van der Waals surface area contributed by atoms with E-state index in [1.807, 2.05) is 0 Å². The second-order valence-electron chi connectivity index (χ2n) is 4.65.